The molecule has 0 aliphatic carbocycles. The van der Waals surface area contributed by atoms with E-state index >= 15 is 0 Å². The zero-order valence-corrected chi connectivity index (χ0v) is 22.5. The molecule has 1 atom stereocenters. The van der Waals surface area contributed by atoms with Crippen LogP contribution in [-0.2, 0) is 30.3 Å². The van der Waals surface area contributed by atoms with Crippen molar-refractivity contribution in [3.63, 3.8) is 0 Å². The van der Waals surface area contributed by atoms with Crippen LogP contribution < -0.4 is 0 Å². The molecule has 0 aliphatic heterocycles. The summed E-state index contributed by atoms with van der Waals surface area (Å²) in [5.74, 6) is 0. The van der Waals surface area contributed by atoms with E-state index in [4.69, 9.17) is 0 Å². The van der Waals surface area contributed by atoms with E-state index < -0.39 is 10.8 Å². The standard InChI is InChI=1S/C22H27OS.CH2I.Zn/c1-4-5-6-10-13-22(20-11-8-7-9-12-20)19(3)24(23)21-16-14-18(2)15-17-21;1-2;/h7-9,11-12,14-17H,3-6,10,13H2,1-2H3;1H2;/q2*-1;+2/b22-19+;;. The number of benzene rings is 2. The molecule has 1 nitrogen and oxygen atoms in total. The molecule has 0 N–H and O–H groups in total. The SMILES string of the molecule is [CH2-]/C(=C(/CCCCCC)c1ccccc1)S(=O)c1ccc(C)cc1.[CH2-]I.[Zn+2]. The number of hydrogen-bond donors (Lipinski definition) is 0. The summed E-state index contributed by atoms with van der Waals surface area (Å²) in [6.45, 7) is 8.45. The van der Waals surface area contributed by atoms with Gasteiger partial charge in [0, 0.05) is 15.7 Å². The molecule has 0 aliphatic rings. The smallest absolute Gasteiger partial charge is 0.319 e. The normalized spacial score (nSPS) is 12.1. The molecule has 0 aromatic heterocycles. The van der Waals surface area contributed by atoms with E-state index in [9.17, 15) is 4.21 Å². The Morgan fingerprint density at radius 1 is 0.963 bits per heavy atom. The fraction of sp³-hybridized carbons (Fsp3) is 0.304. The minimum atomic E-state index is -1.21. The molecule has 0 spiro atoms. The van der Waals surface area contributed by atoms with Crippen LogP contribution in [0.4, 0.5) is 0 Å². The number of hydrogen-bond acceptors (Lipinski definition) is 1. The van der Waals surface area contributed by atoms with E-state index in [-0.39, 0.29) is 19.5 Å². The second-order valence-corrected chi connectivity index (χ2v) is 7.66. The topological polar surface area (TPSA) is 17.1 Å². The summed E-state index contributed by atoms with van der Waals surface area (Å²) in [7, 11) is -1.21. The molecule has 0 saturated heterocycles. The van der Waals surface area contributed by atoms with Crippen LogP contribution in [0.15, 0.2) is 64.4 Å². The summed E-state index contributed by atoms with van der Waals surface area (Å²) in [5.41, 5.74) is 3.44. The number of rotatable bonds is 8. The van der Waals surface area contributed by atoms with E-state index in [2.05, 4.69) is 30.9 Å². The van der Waals surface area contributed by atoms with E-state index in [0.29, 0.717) is 0 Å². The van der Waals surface area contributed by atoms with E-state index in [1.54, 1.807) is 0 Å². The first-order valence-electron chi connectivity index (χ1n) is 8.99. The molecule has 2 rings (SSSR count). The van der Waals surface area contributed by atoms with Crippen LogP contribution >= 0.6 is 22.6 Å². The quantitative estimate of drug-likeness (QED) is 0.145. The van der Waals surface area contributed by atoms with Crippen LogP contribution in [0.2, 0.25) is 0 Å². The molecule has 0 amide bonds. The molecule has 0 radical (unpaired) electrons. The van der Waals surface area contributed by atoms with Gasteiger partial charge in [0.1, 0.15) is 0 Å². The first-order valence-corrected chi connectivity index (χ1v) is 11.7. The maximum Gasteiger partial charge on any atom is 2.00 e. The molecule has 0 fully saturated rings. The van der Waals surface area contributed by atoms with Crippen molar-refractivity contribution in [2.24, 2.45) is 0 Å². The van der Waals surface area contributed by atoms with Gasteiger partial charge in [-0.2, -0.15) is 5.57 Å². The second-order valence-electron chi connectivity index (χ2n) is 6.16. The van der Waals surface area contributed by atoms with Gasteiger partial charge in [-0.3, -0.25) is 9.14 Å². The first kappa shape index (κ1) is 26.6. The van der Waals surface area contributed by atoms with Gasteiger partial charge in [0.25, 0.3) is 0 Å². The van der Waals surface area contributed by atoms with Crippen LogP contribution in [0.5, 0.6) is 0 Å². The van der Waals surface area contributed by atoms with Gasteiger partial charge in [0.15, 0.2) is 0 Å². The van der Waals surface area contributed by atoms with Crippen LogP contribution in [0.3, 0.4) is 0 Å². The van der Waals surface area contributed by atoms with Crippen molar-refractivity contribution in [2.75, 3.05) is 0 Å². The second kappa shape index (κ2) is 15.5. The summed E-state index contributed by atoms with van der Waals surface area (Å²) >= 11 is 1.90. The maximum atomic E-state index is 13.0. The number of allylic oxidation sites excluding steroid dienone is 2. The molecular formula is C23H29IOSZn. The molecule has 1 unspecified atom stereocenters. The Morgan fingerprint density at radius 3 is 2.11 bits per heavy atom. The molecule has 142 valence electrons. The molecule has 0 bridgehead atoms. The number of unbranched alkanes of at least 4 members (excludes halogenated alkanes) is 3. The number of aryl methyl sites for hydroxylation is 1. The first-order chi connectivity index (χ1) is 12.6. The molecule has 27 heavy (non-hydrogen) atoms. The Labute approximate surface area is 194 Å². The molecule has 2 aromatic rings. The van der Waals surface area contributed by atoms with Gasteiger partial charge < -0.3 is 22.6 Å². The van der Waals surface area contributed by atoms with Crippen molar-refractivity contribution in [3.05, 3.63) is 82.5 Å². The third-order valence-electron chi connectivity index (χ3n) is 4.20. The molecule has 0 saturated carbocycles. The summed E-state index contributed by atoms with van der Waals surface area (Å²) in [6.07, 6.45) is 5.71. The third-order valence-corrected chi connectivity index (χ3v) is 5.59. The van der Waals surface area contributed by atoms with Crippen LogP contribution in [0.25, 0.3) is 5.57 Å². The Bertz CT molecular complexity index is 696. The van der Waals surface area contributed by atoms with Crippen LogP contribution in [0, 0.1) is 18.8 Å². The summed E-state index contributed by atoms with van der Waals surface area (Å²) < 4.78 is 13.0. The molecule has 4 heteroatoms. The van der Waals surface area contributed by atoms with Crippen LogP contribution in [-0.4, -0.2) is 4.21 Å². The Hall–Kier alpha value is -0.447. The average molecular weight is 546 g/mol. The minimum Gasteiger partial charge on any atom is -0.319 e. The van der Waals surface area contributed by atoms with Gasteiger partial charge in [-0.25, -0.2) is 6.92 Å². The maximum absolute atomic E-state index is 13.0. The Kier molecular flexibility index (Phi) is 15.2. The van der Waals surface area contributed by atoms with Gasteiger partial charge in [-0.15, -0.1) is 10.5 Å². The van der Waals surface area contributed by atoms with E-state index in [1.807, 2.05) is 72.0 Å². The summed E-state index contributed by atoms with van der Waals surface area (Å²) in [6, 6.07) is 18.1. The Morgan fingerprint density at radius 2 is 1.56 bits per heavy atom. The predicted molar refractivity (Wildman–Crippen MR) is 124 cm³/mol. The van der Waals surface area contributed by atoms with E-state index in [1.165, 1.54) is 24.8 Å². The van der Waals surface area contributed by atoms with Gasteiger partial charge in [-0.1, -0.05) is 87.1 Å². The zero-order chi connectivity index (χ0) is 19.4. The zero-order valence-electron chi connectivity index (χ0n) is 16.5. The fourth-order valence-electron chi connectivity index (χ4n) is 2.73. The summed E-state index contributed by atoms with van der Waals surface area (Å²) in [5, 5.41) is 0. The average Bonchev–Trinajstić information content (AvgIpc) is 2.70. The van der Waals surface area contributed by atoms with Crippen molar-refractivity contribution >= 4 is 39.0 Å². The minimum absolute atomic E-state index is 0. The van der Waals surface area contributed by atoms with Gasteiger partial charge >= 0.3 is 19.5 Å². The largest absolute Gasteiger partial charge is 2.00 e. The fourth-order valence-corrected chi connectivity index (χ4v) is 3.84. The van der Waals surface area contributed by atoms with Gasteiger partial charge in [0.05, 0.1) is 0 Å². The van der Waals surface area contributed by atoms with Crippen molar-refractivity contribution in [2.45, 2.75) is 50.8 Å². The Balaban J connectivity index is 0.00000218. The molecule has 0 heterocycles. The van der Waals surface area contributed by atoms with Crippen molar-refractivity contribution < 1.29 is 23.7 Å². The van der Waals surface area contributed by atoms with Crippen molar-refractivity contribution in [1.29, 1.82) is 0 Å². The monoisotopic (exact) mass is 544 g/mol. The van der Waals surface area contributed by atoms with E-state index in [0.717, 1.165) is 33.8 Å². The number of halogens is 1. The van der Waals surface area contributed by atoms with Crippen molar-refractivity contribution in [1.82, 2.24) is 0 Å². The summed E-state index contributed by atoms with van der Waals surface area (Å²) in [4.78, 5) is 4.78. The molecular weight excluding hydrogens is 517 g/mol. The van der Waals surface area contributed by atoms with Crippen molar-refractivity contribution in [3.8, 4) is 0 Å². The van der Waals surface area contributed by atoms with Gasteiger partial charge in [-0.05, 0) is 19.1 Å². The van der Waals surface area contributed by atoms with Gasteiger partial charge in [0.2, 0.25) is 0 Å². The third kappa shape index (κ3) is 9.06. The van der Waals surface area contributed by atoms with Crippen LogP contribution in [0.1, 0.15) is 50.2 Å². The molecule has 2 aromatic carbocycles. The predicted octanol–water partition coefficient (Wildman–Crippen LogP) is 7.53.